The zero-order valence-corrected chi connectivity index (χ0v) is 16.0. The zero-order valence-electron chi connectivity index (χ0n) is 16.0. The second-order valence-corrected chi connectivity index (χ2v) is 7.71. The Bertz CT molecular complexity index is 1120. The van der Waals surface area contributed by atoms with Gasteiger partial charge in [-0.25, -0.2) is 4.79 Å². The van der Waals surface area contributed by atoms with E-state index in [2.05, 4.69) is 4.98 Å². The number of rotatable bonds is 2. The van der Waals surface area contributed by atoms with Crippen LogP contribution >= 0.6 is 0 Å². The number of aromatic nitrogens is 1. The van der Waals surface area contributed by atoms with Gasteiger partial charge in [0, 0.05) is 30.1 Å². The number of carbonyl (C=O) groups is 2. The molecule has 28 heavy (non-hydrogen) atoms. The molecule has 0 spiro atoms. The van der Waals surface area contributed by atoms with E-state index in [0.29, 0.717) is 6.42 Å². The molecule has 0 saturated carbocycles. The number of likely N-dealkylation sites (N-methyl/N-ethyl adjacent to an activating group) is 1. The van der Waals surface area contributed by atoms with Crippen LogP contribution in [0.3, 0.4) is 0 Å². The molecule has 2 atom stereocenters. The van der Waals surface area contributed by atoms with Crippen molar-refractivity contribution in [2.24, 2.45) is 0 Å². The fourth-order valence-corrected chi connectivity index (χ4v) is 4.70. The number of fused-ring (bicyclic) bond motifs is 4. The fourth-order valence-electron chi connectivity index (χ4n) is 4.70. The molecular weight excluding hydrogens is 354 g/mol. The Morgan fingerprint density at radius 1 is 1.14 bits per heavy atom. The van der Waals surface area contributed by atoms with Gasteiger partial charge in [-0.15, -0.1) is 0 Å². The topological polar surface area (TPSA) is 65.6 Å². The Morgan fingerprint density at radius 2 is 1.89 bits per heavy atom. The SMILES string of the molecule is COc1ccc2[nH]c3c(c2c1)CC1(C)C(=O)N(C)C(=O)N1C3c1ccccc1. The first-order valence-electron chi connectivity index (χ1n) is 9.30. The molecule has 0 aliphatic carbocycles. The van der Waals surface area contributed by atoms with Crippen LogP contribution in [0.2, 0.25) is 0 Å². The lowest BCUT2D eigenvalue weighted by Crippen LogP contribution is -2.53. The average molecular weight is 375 g/mol. The number of ether oxygens (including phenoxy) is 1. The van der Waals surface area contributed by atoms with Crippen LogP contribution in [-0.2, 0) is 11.2 Å². The minimum absolute atomic E-state index is 0.165. The van der Waals surface area contributed by atoms with Crippen molar-refractivity contribution in [3.8, 4) is 5.75 Å². The number of H-pyrrole nitrogens is 1. The van der Waals surface area contributed by atoms with Gasteiger partial charge in [0.15, 0.2) is 0 Å². The van der Waals surface area contributed by atoms with E-state index in [1.807, 2.05) is 55.5 Å². The minimum atomic E-state index is -0.919. The van der Waals surface area contributed by atoms with Crippen molar-refractivity contribution >= 4 is 22.8 Å². The van der Waals surface area contributed by atoms with Crippen LogP contribution in [0, 0.1) is 0 Å². The largest absolute Gasteiger partial charge is 0.497 e. The summed E-state index contributed by atoms with van der Waals surface area (Å²) in [7, 11) is 3.20. The smallest absolute Gasteiger partial charge is 0.328 e. The number of methoxy groups -OCH3 is 1. The number of nitrogens with one attached hydrogen (secondary N) is 1. The molecule has 6 nitrogen and oxygen atoms in total. The molecule has 2 aliphatic heterocycles. The summed E-state index contributed by atoms with van der Waals surface area (Å²) >= 11 is 0. The van der Waals surface area contributed by atoms with E-state index in [1.165, 1.54) is 4.90 Å². The van der Waals surface area contributed by atoms with E-state index in [1.54, 1.807) is 19.1 Å². The number of urea groups is 1. The average Bonchev–Trinajstić information content (AvgIpc) is 3.15. The van der Waals surface area contributed by atoms with Crippen molar-refractivity contribution in [2.45, 2.75) is 24.9 Å². The van der Waals surface area contributed by atoms with Crippen LogP contribution < -0.4 is 4.74 Å². The summed E-state index contributed by atoms with van der Waals surface area (Å²) in [4.78, 5) is 32.6. The minimum Gasteiger partial charge on any atom is -0.497 e. The molecule has 3 aromatic rings. The van der Waals surface area contributed by atoms with Crippen LogP contribution in [0.5, 0.6) is 5.75 Å². The van der Waals surface area contributed by atoms with Gasteiger partial charge in [0.2, 0.25) is 0 Å². The van der Waals surface area contributed by atoms with Gasteiger partial charge in [0.05, 0.1) is 7.11 Å². The number of imide groups is 1. The van der Waals surface area contributed by atoms with Crippen LogP contribution in [-0.4, -0.2) is 46.4 Å². The van der Waals surface area contributed by atoms with Gasteiger partial charge >= 0.3 is 6.03 Å². The Kier molecular flexibility index (Phi) is 3.38. The van der Waals surface area contributed by atoms with E-state index in [-0.39, 0.29) is 18.0 Å². The number of carbonyl (C=O) groups excluding carboxylic acids is 2. The van der Waals surface area contributed by atoms with Crippen LogP contribution in [0.15, 0.2) is 48.5 Å². The molecule has 2 aromatic carbocycles. The van der Waals surface area contributed by atoms with Crippen LogP contribution in [0.25, 0.3) is 10.9 Å². The summed E-state index contributed by atoms with van der Waals surface area (Å²) < 4.78 is 5.41. The lowest BCUT2D eigenvalue weighted by Gasteiger charge is -2.42. The lowest BCUT2D eigenvalue weighted by molar-refractivity contribution is -0.132. The first-order chi connectivity index (χ1) is 13.5. The van der Waals surface area contributed by atoms with Crippen LogP contribution in [0.4, 0.5) is 4.79 Å². The summed E-state index contributed by atoms with van der Waals surface area (Å²) in [5.41, 5.74) is 3.06. The Hall–Kier alpha value is -3.28. The normalized spacial score (nSPS) is 23.9. The Morgan fingerprint density at radius 3 is 2.61 bits per heavy atom. The maximum absolute atomic E-state index is 13.1. The highest BCUT2D eigenvalue weighted by atomic mass is 16.5. The fraction of sp³-hybridized carbons (Fsp3) is 0.273. The van der Waals surface area contributed by atoms with E-state index >= 15 is 0 Å². The number of amides is 3. The molecule has 1 saturated heterocycles. The Balaban J connectivity index is 1.82. The molecule has 142 valence electrons. The second kappa shape index (κ2) is 5.61. The molecular formula is C22H21N3O3. The van der Waals surface area contributed by atoms with Gasteiger partial charge in [0.1, 0.15) is 17.3 Å². The van der Waals surface area contributed by atoms with Gasteiger partial charge < -0.3 is 9.72 Å². The summed E-state index contributed by atoms with van der Waals surface area (Å²) in [5.74, 6) is 0.602. The van der Waals surface area contributed by atoms with E-state index in [0.717, 1.165) is 33.5 Å². The van der Waals surface area contributed by atoms with Crippen molar-refractivity contribution in [1.29, 1.82) is 0 Å². The van der Waals surface area contributed by atoms with Gasteiger partial charge in [-0.3, -0.25) is 14.6 Å². The number of nitrogens with zero attached hydrogens (tertiary/aromatic N) is 2. The Labute approximate surface area is 162 Å². The highest BCUT2D eigenvalue weighted by Gasteiger charge is 2.59. The third-order valence-electron chi connectivity index (χ3n) is 6.10. The van der Waals surface area contributed by atoms with Gasteiger partial charge in [0.25, 0.3) is 5.91 Å². The van der Waals surface area contributed by atoms with Gasteiger partial charge in [-0.05, 0) is 36.2 Å². The number of aromatic amines is 1. The summed E-state index contributed by atoms with van der Waals surface area (Å²) in [6.45, 7) is 1.87. The molecule has 3 heterocycles. The maximum atomic E-state index is 13.1. The first kappa shape index (κ1) is 16.9. The molecule has 5 rings (SSSR count). The molecule has 2 unspecified atom stereocenters. The predicted octanol–water partition coefficient (Wildman–Crippen LogP) is 3.47. The zero-order chi connectivity index (χ0) is 19.6. The summed E-state index contributed by atoms with van der Waals surface area (Å²) in [5, 5.41) is 1.03. The van der Waals surface area contributed by atoms with E-state index in [9.17, 15) is 9.59 Å². The standard InChI is InChI=1S/C22H21N3O3/c1-22-12-16-15-11-14(28-3)9-10-17(15)23-18(16)19(13-7-5-4-6-8-13)25(22)21(27)24(2)20(22)26/h4-11,19,23H,12H2,1-3H3. The van der Waals surface area contributed by atoms with Gasteiger partial charge in [-0.1, -0.05) is 30.3 Å². The maximum Gasteiger partial charge on any atom is 0.328 e. The quantitative estimate of drug-likeness (QED) is 0.698. The van der Waals surface area contributed by atoms with Crippen molar-refractivity contribution in [3.63, 3.8) is 0 Å². The van der Waals surface area contributed by atoms with E-state index in [4.69, 9.17) is 4.74 Å². The number of hydrogen-bond acceptors (Lipinski definition) is 3. The van der Waals surface area contributed by atoms with Crippen molar-refractivity contribution < 1.29 is 14.3 Å². The first-order valence-corrected chi connectivity index (χ1v) is 9.30. The molecule has 1 aromatic heterocycles. The van der Waals surface area contributed by atoms with E-state index < -0.39 is 5.54 Å². The van der Waals surface area contributed by atoms with Crippen molar-refractivity contribution in [1.82, 2.24) is 14.8 Å². The molecule has 3 amide bonds. The number of hydrogen-bond donors (Lipinski definition) is 1. The molecule has 6 heteroatoms. The molecule has 0 bridgehead atoms. The monoisotopic (exact) mass is 375 g/mol. The van der Waals surface area contributed by atoms with Crippen molar-refractivity contribution in [2.75, 3.05) is 14.2 Å². The molecule has 1 N–H and O–H groups in total. The summed E-state index contributed by atoms with van der Waals surface area (Å²) in [6, 6.07) is 15.1. The molecule has 0 radical (unpaired) electrons. The molecule has 1 fully saturated rings. The van der Waals surface area contributed by atoms with Crippen molar-refractivity contribution in [3.05, 3.63) is 65.4 Å². The van der Waals surface area contributed by atoms with Gasteiger partial charge in [-0.2, -0.15) is 0 Å². The lowest BCUT2D eigenvalue weighted by atomic mass is 9.81. The second-order valence-electron chi connectivity index (χ2n) is 7.71. The molecule has 2 aliphatic rings. The third kappa shape index (κ3) is 2.03. The number of benzene rings is 2. The van der Waals surface area contributed by atoms with Crippen LogP contribution in [0.1, 0.15) is 29.8 Å². The summed E-state index contributed by atoms with van der Waals surface area (Å²) in [6.07, 6.45) is 0.466. The highest BCUT2D eigenvalue weighted by Crippen LogP contribution is 2.48. The highest BCUT2D eigenvalue weighted by molar-refractivity contribution is 6.08. The third-order valence-corrected chi connectivity index (χ3v) is 6.10. The predicted molar refractivity (Wildman–Crippen MR) is 105 cm³/mol.